The van der Waals surface area contributed by atoms with E-state index in [2.05, 4.69) is 10.3 Å². The van der Waals surface area contributed by atoms with E-state index >= 15 is 0 Å². The van der Waals surface area contributed by atoms with Crippen LogP contribution in [0.4, 0.5) is 0 Å². The second kappa shape index (κ2) is 6.09. The number of sulfonamides is 1. The van der Waals surface area contributed by atoms with Crippen LogP contribution in [-0.2, 0) is 10.0 Å². The van der Waals surface area contributed by atoms with Gasteiger partial charge in [0.1, 0.15) is 0 Å². The van der Waals surface area contributed by atoms with Crippen molar-refractivity contribution >= 4 is 20.8 Å². The summed E-state index contributed by atoms with van der Waals surface area (Å²) in [6, 6.07) is 7.06. The normalized spacial score (nSPS) is 18.3. The molecular formula is C15H19N3O2S. The van der Waals surface area contributed by atoms with E-state index < -0.39 is 10.0 Å². The monoisotopic (exact) mass is 305 g/mol. The molecule has 5 nitrogen and oxygen atoms in total. The highest BCUT2D eigenvalue weighted by atomic mass is 32.2. The average molecular weight is 305 g/mol. The number of rotatable bonds is 2. The fourth-order valence-electron chi connectivity index (χ4n) is 2.59. The molecule has 0 atom stereocenters. The fraction of sp³-hybridized carbons (Fsp3) is 0.400. The molecule has 0 spiro atoms. The van der Waals surface area contributed by atoms with Gasteiger partial charge < -0.3 is 5.32 Å². The summed E-state index contributed by atoms with van der Waals surface area (Å²) < 4.78 is 27.1. The van der Waals surface area contributed by atoms with E-state index in [1.807, 2.05) is 12.1 Å². The SMILES string of the molecule is O=S(=O)(c1ccc2cnccc2c1)N1CCCCNCC1. The maximum absolute atomic E-state index is 12.8. The van der Waals surface area contributed by atoms with Gasteiger partial charge in [-0.2, -0.15) is 4.31 Å². The molecule has 0 aliphatic carbocycles. The first kappa shape index (κ1) is 14.4. The zero-order valence-corrected chi connectivity index (χ0v) is 12.6. The van der Waals surface area contributed by atoms with Crippen molar-refractivity contribution in [2.45, 2.75) is 17.7 Å². The number of hydrogen-bond acceptors (Lipinski definition) is 4. The Morgan fingerprint density at radius 2 is 1.95 bits per heavy atom. The minimum atomic E-state index is -3.42. The first-order valence-corrected chi connectivity index (χ1v) is 8.66. The third-order valence-electron chi connectivity index (χ3n) is 3.80. The molecule has 1 aliphatic rings. The lowest BCUT2D eigenvalue weighted by molar-refractivity contribution is 0.373. The summed E-state index contributed by atoms with van der Waals surface area (Å²) in [4.78, 5) is 4.41. The van der Waals surface area contributed by atoms with Gasteiger partial charge in [-0.15, -0.1) is 0 Å². The lowest BCUT2D eigenvalue weighted by Crippen LogP contribution is -2.39. The minimum absolute atomic E-state index is 0.363. The first-order valence-electron chi connectivity index (χ1n) is 7.22. The van der Waals surface area contributed by atoms with Gasteiger partial charge in [-0.3, -0.25) is 4.98 Å². The molecule has 2 heterocycles. The van der Waals surface area contributed by atoms with E-state index in [9.17, 15) is 8.42 Å². The molecule has 0 radical (unpaired) electrons. The van der Waals surface area contributed by atoms with Crippen molar-refractivity contribution in [2.75, 3.05) is 26.2 Å². The van der Waals surface area contributed by atoms with E-state index in [-0.39, 0.29) is 0 Å². The summed E-state index contributed by atoms with van der Waals surface area (Å²) in [7, 11) is -3.42. The van der Waals surface area contributed by atoms with E-state index in [0.717, 1.165) is 30.2 Å². The molecule has 1 aromatic carbocycles. The van der Waals surface area contributed by atoms with Crippen LogP contribution >= 0.6 is 0 Å². The highest BCUT2D eigenvalue weighted by Gasteiger charge is 2.24. The van der Waals surface area contributed by atoms with Crippen LogP contribution in [0, 0.1) is 0 Å². The summed E-state index contributed by atoms with van der Waals surface area (Å²) in [5.41, 5.74) is 0. The number of fused-ring (bicyclic) bond motifs is 1. The molecular weight excluding hydrogens is 286 g/mol. The van der Waals surface area contributed by atoms with E-state index in [0.29, 0.717) is 24.5 Å². The van der Waals surface area contributed by atoms with Crippen LogP contribution in [0.2, 0.25) is 0 Å². The maximum atomic E-state index is 12.8. The predicted molar refractivity (Wildman–Crippen MR) is 82.6 cm³/mol. The Labute approximate surface area is 125 Å². The summed E-state index contributed by atoms with van der Waals surface area (Å²) in [6.45, 7) is 2.79. The number of pyridine rings is 1. The number of nitrogens with one attached hydrogen (secondary N) is 1. The Kier molecular flexibility index (Phi) is 4.19. The van der Waals surface area contributed by atoms with Crippen molar-refractivity contribution in [2.24, 2.45) is 0 Å². The van der Waals surface area contributed by atoms with Crippen molar-refractivity contribution in [3.05, 3.63) is 36.7 Å². The highest BCUT2D eigenvalue weighted by molar-refractivity contribution is 7.89. The van der Waals surface area contributed by atoms with Crippen LogP contribution in [0.5, 0.6) is 0 Å². The van der Waals surface area contributed by atoms with Crippen molar-refractivity contribution in [1.29, 1.82) is 0 Å². The van der Waals surface area contributed by atoms with Gasteiger partial charge in [-0.05, 0) is 43.0 Å². The van der Waals surface area contributed by atoms with E-state index in [4.69, 9.17) is 0 Å². The molecule has 3 rings (SSSR count). The van der Waals surface area contributed by atoms with Gasteiger partial charge in [-0.1, -0.05) is 6.07 Å². The molecule has 1 aromatic heterocycles. The second-order valence-corrected chi connectivity index (χ2v) is 7.18. The molecule has 0 unspecified atom stereocenters. The Bertz CT molecular complexity index is 723. The van der Waals surface area contributed by atoms with Crippen LogP contribution < -0.4 is 5.32 Å². The van der Waals surface area contributed by atoms with Crippen LogP contribution in [0.25, 0.3) is 10.8 Å². The van der Waals surface area contributed by atoms with Crippen LogP contribution in [0.15, 0.2) is 41.6 Å². The lowest BCUT2D eigenvalue weighted by atomic mass is 10.2. The van der Waals surface area contributed by atoms with Crippen molar-refractivity contribution in [3.8, 4) is 0 Å². The molecule has 6 heteroatoms. The molecule has 0 saturated carbocycles. The quantitative estimate of drug-likeness (QED) is 0.915. The number of nitrogens with zero attached hydrogens (tertiary/aromatic N) is 2. The Hall–Kier alpha value is -1.50. The van der Waals surface area contributed by atoms with Gasteiger partial charge >= 0.3 is 0 Å². The molecule has 2 aromatic rings. The average Bonchev–Trinajstić information content (AvgIpc) is 2.46. The van der Waals surface area contributed by atoms with Crippen molar-refractivity contribution in [3.63, 3.8) is 0 Å². The number of aromatic nitrogens is 1. The molecule has 0 bridgehead atoms. The molecule has 1 N–H and O–H groups in total. The Morgan fingerprint density at radius 1 is 1.05 bits per heavy atom. The van der Waals surface area contributed by atoms with Gasteiger partial charge in [-0.25, -0.2) is 8.42 Å². The first-order chi connectivity index (χ1) is 10.2. The van der Waals surface area contributed by atoms with Gasteiger partial charge in [0.15, 0.2) is 0 Å². The van der Waals surface area contributed by atoms with Gasteiger partial charge in [0, 0.05) is 37.4 Å². The van der Waals surface area contributed by atoms with Crippen LogP contribution in [-0.4, -0.2) is 43.9 Å². The molecule has 112 valence electrons. The zero-order valence-electron chi connectivity index (χ0n) is 11.8. The van der Waals surface area contributed by atoms with E-state index in [1.165, 1.54) is 0 Å². The third kappa shape index (κ3) is 3.07. The predicted octanol–water partition coefficient (Wildman–Crippen LogP) is 1.61. The van der Waals surface area contributed by atoms with Crippen LogP contribution in [0.1, 0.15) is 12.8 Å². The standard InChI is InChI=1S/C15H19N3O2S/c19-21(20,18-9-2-1-6-16-8-10-18)15-4-3-14-12-17-7-5-13(14)11-15/h3-5,7,11-12,16H,1-2,6,8-10H2. The highest BCUT2D eigenvalue weighted by Crippen LogP contribution is 2.21. The lowest BCUT2D eigenvalue weighted by Gasteiger charge is -2.24. The largest absolute Gasteiger partial charge is 0.315 e. The molecule has 0 amide bonds. The molecule has 1 aliphatic heterocycles. The minimum Gasteiger partial charge on any atom is -0.315 e. The van der Waals surface area contributed by atoms with Crippen molar-refractivity contribution < 1.29 is 8.42 Å². The summed E-state index contributed by atoms with van der Waals surface area (Å²) in [5.74, 6) is 0. The molecule has 21 heavy (non-hydrogen) atoms. The van der Waals surface area contributed by atoms with Gasteiger partial charge in [0.2, 0.25) is 10.0 Å². The fourth-order valence-corrected chi connectivity index (χ4v) is 4.11. The third-order valence-corrected chi connectivity index (χ3v) is 5.69. The topological polar surface area (TPSA) is 62.3 Å². The number of hydrogen-bond donors (Lipinski definition) is 1. The molecule has 1 saturated heterocycles. The smallest absolute Gasteiger partial charge is 0.243 e. The maximum Gasteiger partial charge on any atom is 0.243 e. The summed E-state index contributed by atoms with van der Waals surface area (Å²) in [6.07, 6.45) is 5.32. The zero-order chi connectivity index (χ0) is 14.7. The van der Waals surface area contributed by atoms with Gasteiger partial charge in [0.25, 0.3) is 0 Å². The summed E-state index contributed by atoms with van der Waals surface area (Å²) >= 11 is 0. The molecule has 1 fully saturated rings. The number of benzene rings is 1. The van der Waals surface area contributed by atoms with Crippen molar-refractivity contribution in [1.82, 2.24) is 14.6 Å². The van der Waals surface area contributed by atoms with E-state index in [1.54, 1.807) is 28.8 Å². The van der Waals surface area contributed by atoms with Crippen LogP contribution in [0.3, 0.4) is 0 Å². The summed E-state index contributed by atoms with van der Waals surface area (Å²) in [5, 5.41) is 5.11. The Morgan fingerprint density at radius 3 is 2.86 bits per heavy atom. The Balaban J connectivity index is 1.94. The second-order valence-electron chi connectivity index (χ2n) is 5.25. The van der Waals surface area contributed by atoms with Gasteiger partial charge in [0.05, 0.1) is 4.90 Å².